The van der Waals surface area contributed by atoms with Crippen LogP contribution in [0.15, 0.2) is 59.1 Å². The average Bonchev–Trinajstić information content (AvgIpc) is 2.81. The van der Waals surface area contributed by atoms with Crippen LogP contribution in [-0.2, 0) is 6.54 Å². The van der Waals surface area contributed by atoms with Crippen molar-refractivity contribution in [2.24, 2.45) is 4.99 Å². The van der Waals surface area contributed by atoms with Crippen molar-refractivity contribution in [2.45, 2.75) is 6.54 Å². The topological polar surface area (TPSA) is 58.9 Å². The van der Waals surface area contributed by atoms with Gasteiger partial charge in [0.25, 0.3) is 0 Å². The number of Topliss-reactive ketones (excluding diaryl/α,β-unsaturated/α-hetero) is 1. The van der Waals surface area contributed by atoms with Crippen LogP contribution in [0, 0.1) is 0 Å². The van der Waals surface area contributed by atoms with E-state index in [1.807, 2.05) is 24.3 Å². The van der Waals surface area contributed by atoms with E-state index in [9.17, 15) is 9.90 Å². The molecular weight excluding hydrogens is 278 g/mol. The van der Waals surface area contributed by atoms with Crippen LogP contribution in [0.2, 0.25) is 0 Å². The van der Waals surface area contributed by atoms with Gasteiger partial charge >= 0.3 is 0 Å². The van der Waals surface area contributed by atoms with E-state index in [0.717, 1.165) is 11.3 Å². The second kappa shape index (κ2) is 5.85. The molecule has 1 N–H and O–H groups in total. The Bertz CT molecular complexity index is 773. The van der Waals surface area contributed by atoms with Crippen molar-refractivity contribution in [3.63, 3.8) is 0 Å². The van der Waals surface area contributed by atoms with Gasteiger partial charge in [-0.1, -0.05) is 36.4 Å². The number of ketones is 1. The summed E-state index contributed by atoms with van der Waals surface area (Å²) in [5, 5.41) is 10.1. The molecule has 0 radical (unpaired) electrons. The largest absolute Gasteiger partial charge is 0.506 e. The van der Waals surface area contributed by atoms with E-state index in [0.29, 0.717) is 17.7 Å². The van der Waals surface area contributed by atoms with Gasteiger partial charge in [0.1, 0.15) is 11.5 Å². The van der Waals surface area contributed by atoms with Crippen molar-refractivity contribution in [1.29, 1.82) is 0 Å². The Hall–Kier alpha value is -2.88. The highest BCUT2D eigenvalue weighted by atomic mass is 16.5. The van der Waals surface area contributed by atoms with Crippen LogP contribution in [0.3, 0.4) is 0 Å². The molecule has 1 aliphatic rings. The van der Waals surface area contributed by atoms with Gasteiger partial charge in [-0.05, 0) is 17.7 Å². The van der Waals surface area contributed by atoms with Crippen molar-refractivity contribution in [2.75, 3.05) is 7.11 Å². The van der Waals surface area contributed by atoms with Crippen LogP contribution in [0.5, 0.6) is 5.75 Å². The Morgan fingerprint density at radius 2 is 1.77 bits per heavy atom. The monoisotopic (exact) mass is 293 g/mol. The first kappa shape index (κ1) is 14.1. The maximum absolute atomic E-state index is 12.2. The number of aliphatic hydroxyl groups is 1. The third kappa shape index (κ3) is 2.51. The van der Waals surface area contributed by atoms with E-state index in [-0.39, 0.29) is 17.1 Å². The lowest BCUT2D eigenvalue weighted by Gasteiger charge is -2.00. The molecule has 0 saturated heterocycles. The van der Waals surface area contributed by atoms with E-state index in [2.05, 4.69) is 4.99 Å². The van der Waals surface area contributed by atoms with Crippen molar-refractivity contribution < 1.29 is 14.6 Å². The van der Waals surface area contributed by atoms with Crippen LogP contribution in [0.1, 0.15) is 21.5 Å². The molecule has 110 valence electrons. The van der Waals surface area contributed by atoms with Gasteiger partial charge in [-0.15, -0.1) is 0 Å². The third-order valence-corrected chi connectivity index (χ3v) is 3.58. The van der Waals surface area contributed by atoms with Crippen LogP contribution >= 0.6 is 0 Å². The molecule has 0 aromatic heterocycles. The van der Waals surface area contributed by atoms with Crippen molar-refractivity contribution in [3.8, 4) is 5.75 Å². The number of hydrogen-bond donors (Lipinski definition) is 1. The van der Waals surface area contributed by atoms with Crippen LogP contribution in [-0.4, -0.2) is 24.2 Å². The number of allylic oxidation sites excluding steroid dienone is 1. The van der Waals surface area contributed by atoms with Crippen LogP contribution in [0.4, 0.5) is 0 Å². The normalized spacial score (nSPS) is 13.8. The predicted molar refractivity (Wildman–Crippen MR) is 85.5 cm³/mol. The number of methoxy groups -OCH3 is 1. The SMILES string of the molecule is COc1ccc(CN=CC2=C(O)c3ccccc3C2=O)cc1. The Labute approximate surface area is 128 Å². The van der Waals surface area contributed by atoms with Gasteiger partial charge in [-0.25, -0.2) is 0 Å². The first-order chi connectivity index (χ1) is 10.7. The molecule has 1 aliphatic carbocycles. The van der Waals surface area contributed by atoms with Crippen molar-refractivity contribution in [3.05, 3.63) is 70.8 Å². The summed E-state index contributed by atoms with van der Waals surface area (Å²) < 4.78 is 5.10. The quantitative estimate of drug-likeness (QED) is 0.879. The summed E-state index contributed by atoms with van der Waals surface area (Å²) >= 11 is 0. The highest BCUT2D eigenvalue weighted by Crippen LogP contribution is 2.29. The fourth-order valence-electron chi connectivity index (χ4n) is 2.38. The van der Waals surface area contributed by atoms with Crippen molar-refractivity contribution in [1.82, 2.24) is 0 Å². The maximum atomic E-state index is 12.2. The fourth-order valence-corrected chi connectivity index (χ4v) is 2.38. The molecule has 22 heavy (non-hydrogen) atoms. The number of fused-ring (bicyclic) bond motifs is 1. The zero-order valence-electron chi connectivity index (χ0n) is 12.1. The molecule has 0 saturated carbocycles. The molecule has 4 heteroatoms. The molecule has 0 aliphatic heterocycles. The standard InChI is InChI=1S/C18H15NO3/c1-22-13-8-6-12(7-9-13)10-19-11-16-17(20)14-4-2-3-5-15(14)18(16)21/h2-9,11,20H,10H2,1H3. The van der Waals surface area contributed by atoms with Gasteiger partial charge in [0, 0.05) is 17.3 Å². The summed E-state index contributed by atoms with van der Waals surface area (Å²) in [6.07, 6.45) is 1.45. The number of nitrogens with zero attached hydrogens (tertiary/aromatic N) is 1. The zero-order valence-corrected chi connectivity index (χ0v) is 12.1. The summed E-state index contributed by atoms with van der Waals surface area (Å²) in [5.74, 6) is 0.597. The summed E-state index contributed by atoms with van der Waals surface area (Å²) in [6, 6.07) is 14.5. The Morgan fingerprint density at radius 3 is 2.41 bits per heavy atom. The van der Waals surface area contributed by atoms with Gasteiger partial charge in [0.05, 0.1) is 19.2 Å². The summed E-state index contributed by atoms with van der Waals surface area (Å²) in [7, 11) is 1.62. The molecule has 0 fully saturated rings. The number of carbonyl (C=O) groups excluding carboxylic acids is 1. The molecule has 0 heterocycles. The molecule has 0 spiro atoms. The Morgan fingerprint density at radius 1 is 1.09 bits per heavy atom. The van der Waals surface area contributed by atoms with Gasteiger partial charge in [-0.2, -0.15) is 0 Å². The lowest BCUT2D eigenvalue weighted by molar-refractivity contribution is 0.104. The number of aliphatic imine (C=N–C) groups is 1. The van der Waals surface area contributed by atoms with E-state index < -0.39 is 0 Å². The minimum Gasteiger partial charge on any atom is -0.506 e. The lowest BCUT2D eigenvalue weighted by atomic mass is 10.1. The minimum atomic E-state index is -0.188. The molecule has 0 unspecified atom stereocenters. The van der Waals surface area contributed by atoms with Gasteiger partial charge in [0.15, 0.2) is 5.78 Å². The summed E-state index contributed by atoms with van der Waals surface area (Å²) in [6.45, 7) is 0.435. The van der Waals surface area contributed by atoms with E-state index in [4.69, 9.17) is 4.74 Å². The minimum absolute atomic E-state index is 0.000851. The molecule has 3 rings (SSSR count). The Kier molecular flexibility index (Phi) is 3.74. The average molecular weight is 293 g/mol. The molecule has 2 aromatic carbocycles. The smallest absolute Gasteiger partial charge is 0.199 e. The molecule has 0 atom stereocenters. The number of hydrogen-bond acceptors (Lipinski definition) is 4. The number of aliphatic hydroxyl groups excluding tert-OH is 1. The fraction of sp³-hybridized carbons (Fsp3) is 0.111. The second-order valence-electron chi connectivity index (χ2n) is 4.95. The second-order valence-corrected chi connectivity index (χ2v) is 4.95. The van der Waals surface area contributed by atoms with Crippen LogP contribution in [0.25, 0.3) is 5.76 Å². The number of ether oxygens (including phenoxy) is 1. The number of benzene rings is 2. The Balaban J connectivity index is 1.76. The van der Waals surface area contributed by atoms with Gasteiger partial charge in [0.2, 0.25) is 0 Å². The predicted octanol–water partition coefficient (Wildman–Crippen LogP) is 3.43. The molecule has 2 aromatic rings. The first-order valence-electron chi connectivity index (χ1n) is 6.91. The molecule has 0 amide bonds. The van der Waals surface area contributed by atoms with E-state index >= 15 is 0 Å². The summed E-state index contributed by atoms with van der Waals surface area (Å²) in [5.41, 5.74) is 2.33. The highest BCUT2D eigenvalue weighted by molar-refractivity contribution is 6.30. The highest BCUT2D eigenvalue weighted by Gasteiger charge is 2.27. The van der Waals surface area contributed by atoms with Gasteiger partial charge < -0.3 is 9.84 Å². The maximum Gasteiger partial charge on any atom is 0.199 e. The van der Waals surface area contributed by atoms with Gasteiger partial charge in [-0.3, -0.25) is 9.79 Å². The molecule has 0 bridgehead atoms. The molecular formula is C18H15NO3. The van der Waals surface area contributed by atoms with E-state index in [1.165, 1.54) is 6.21 Å². The first-order valence-corrected chi connectivity index (χ1v) is 6.91. The van der Waals surface area contributed by atoms with E-state index in [1.54, 1.807) is 31.4 Å². The summed E-state index contributed by atoms with van der Waals surface area (Å²) in [4.78, 5) is 16.5. The lowest BCUT2D eigenvalue weighted by Crippen LogP contribution is -2.00. The third-order valence-electron chi connectivity index (χ3n) is 3.58. The van der Waals surface area contributed by atoms with Crippen LogP contribution < -0.4 is 4.74 Å². The van der Waals surface area contributed by atoms with Crippen molar-refractivity contribution >= 4 is 17.8 Å². The number of rotatable bonds is 4. The zero-order chi connectivity index (χ0) is 15.5. The number of carbonyl (C=O) groups is 1. The molecule has 4 nitrogen and oxygen atoms in total.